The third kappa shape index (κ3) is 7.02. The Morgan fingerprint density at radius 1 is 1.14 bits per heavy atom. The van der Waals surface area contributed by atoms with Crippen LogP contribution in [0.3, 0.4) is 0 Å². The highest BCUT2D eigenvalue weighted by molar-refractivity contribution is 9.10. The number of carbonyl (C=O) groups is 4. The number of amides is 3. The molecule has 0 unspecified atom stereocenters. The second-order valence-corrected chi connectivity index (χ2v) is 9.41. The molecule has 3 rings (SSSR count). The van der Waals surface area contributed by atoms with Crippen molar-refractivity contribution in [2.75, 3.05) is 31.7 Å². The van der Waals surface area contributed by atoms with Crippen LogP contribution in [0.25, 0.3) is 6.08 Å². The highest BCUT2D eigenvalue weighted by Gasteiger charge is 2.36. The molecule has 1 fully saturated rings. The predicted octanol–water partition coefficient (Wildman–Crippen LogP) is 5.12. The van der Waals surface area contributed by atoms with Crippen molar-refractivity contribution in [2.45, 2.75) is 13.8 Å². The smallest absolute Gasteiger partial charge is 0.326 e. The normalized spacial score (nSPS) is 14.2. The van der Waals surface area contributed by atoms with Crippen LogP contribution >= 0.6 is 39.3 Å². The molecule has 1 N–H and O–H groups in total. The zero-order valence-corrected chi connectivity index (χ0v) is 22.5. The van der Waals surface area contributed by atoms with Crippen molar-refractivity contribution in [1.82, 2.24) is 4.90 Å². The average Bonchev–Trinajstić information content (AvgIpc) is 3.07. The molecule has 1 saturated heterocycles. The van der Waals surface area contributed by atoms with Crippen LogP contribution in [0.1, 0.15) is 19.4 Å². The number of nitrogens with one attached hydrogen (secondary N) is 1. The molecule has 1 heterocycles. The number of hydrogen-bond donors (Lipinski definition) is 1. The van der Waals surface area contributed by atoms with E-state index in [9.17, 15) is 19.2 Å². The summed E-state index contributed by atoms with van der Waals surface area (Å²) in [6.45, 7) is 3.12. The van der Waals surface area contributed by atoms with E-state index in [0.717, 1.165) is 16.7 Å². The second-order valence-electron chi connectivity index (χ2n) is 7.15. The van der Waals surface area contributed by atoms with Crippen molar-refractivity contribution in [2.24, 2.45) is 0 Å². The van der Waals surface area contributed by atoms with Crippen LogP contribution in [0.15, 0.2) is 45.8 Å². The molecule has 3 amide bonds. The van der Waals surface area contributed by atoms with Crippen LogP contribution in [0.2, 0.25) is 5.02 Å². The Labute approximate surface area is 225 Å². The summed E-state index contributed by atoms with van der Waals surface area (Å²) in [5.41, 5.74) is 1.00. The van der Waals surface area contributed by atoms with Crippen molar-refractivity contribution in [3.63, 3.8) is 0 Å². The summed E-state index contributed by atoms with van der Waals surface area (Å²) in [6, 6.07) is 10.1. The fraction of sp³-hybridized carbons (Fsp3) is 0.250. The average molecular weight is 598 g/mol. The Morgan fingerprint density at radius 2 is 1.89 bits per heavy atom. The van der Waals surface area contributed by atoms with Crippen LogP contribution in [-0.2, 0) is 19.1 Å². The molecule has 190 valence electrons. The summed E-state index contributed by atoms with van der Waals surface area (Å²) in [7, 11) is 0. The third-order valence-corrected chi connectivity index (χ3v) is 6.42. The number of rotatable bonds is 10. The highest BCUT2D eigenvalue weighted by atomic mass is 79.9. The molecule has 0 aromatic heterocycles. The number of esters is 1. The lowest BCUT2D eigenvalue weighted by Crippen LogP contribution is -2.34. The lowest BCUT2D eigenvalue weighted by molar-refractivity contribution is -0.146. The van der Waals surface area contributed by atoms with Gasteiger partial charge in [0.15, 0.2) is 18.1 Å². The number of halogens is 2. The highest BCUT2D eigenvalue weighted by Crippen LogP contribution is 2.39. The van der Waals surface area contributed by atoms with Crippen LogP contribution in [-0.4, -0.2) is 54.3 Å². The second kappa shape index (κ2) is 12.8. The number of nitrogens with zero attached hydrogens (tertiary/aromatic N) is 1. The topological polar surface area (TPSA) is 111 Å². The van der Waals surface area contributed by atoms with Gasteiger partial charge in [-0.15, -0.1) is 0 Å². The van der Waals surface area contributed by atoms with E-state index in [2.05, 4.69) is 21.2 Å². The Hall–Kier alpha value is -3.02. The molecule has 0 bridgehead atoms. The fourth-order valence-electron chi connectivity index (χ4n) is 3.08. The maximum Gasteiger partial charge on any atom is 0.326 e. The third-order valence-electron chi connectivity index (χ3n) is 4.59. The molecular weight excluding hydrogens is 576 g/mol. The lowest BCUT2D eigenvalue weighted by Gasteiger charge is -2.15. The summed E-state index contributed by atoms with van der Waals surface area (Å²) >= 11 is 10.2. The maximum atomic E-state index is 12.7. The molecule has 9 nitrogen and oxygen atoms in total. The standard InChI is InChI=1S/C24H22BrClN2O7S/c1-3-33-18-10-14(11-19-23(31)28(24(32)36-19)12-21(30)34-4-2)9-15(25)22(18)35-13-20(29)27-17-8-6-5-7-16(17)26/h5-11H,3-4,12-13H2,1-2H3,(H,27,29)/b19-11-. The minimum atomic E-state index is -0.664. The molecule has 1 aliphatic heterocycles. The van der Waals surface area contributed by atoms with Gasteiger partial charge < -0.3 is 19.5 Å². The Bertz CT molecular complexity index is 1220. The largest absolute Gasteiger partial charge is 0.490 e. The number of carbonyl (C=O) groups excluding carboxylic acids is 4. The summed E-state index contributed by atoms with van der Waals surface area (Å²) in [6.07, 6.45) is 1.51. The molecular formula is C24H22BrClN2O7S. The van der Waals surface area contributed by atoms with Gasteiger partial charge in [-0.25, -0.2) is 0 Å². The summed E-state index contributed by atoms with van der Waals surface area (Å²) in [5.74, 6) is -1.06. The molecule has 2 aromatic carbocycles. The van der Waals surface area contributed by atoms with E-state index in [1.807, 2.05) is 0 Å². The molecule has 1 aliphatic rings. The molecule has 0 atom stereocenters. The molecule has 0 saturated carbocycles. The van der Waals surface area contributed by atoms with Crippen molar-refractivity contribution in [1.29, 1.82) is 0 Å². The van der Waals surface area contributed by atoms with E-state index in [4.69, 9.17) is 25.8 Å². The van der Waals surface area contributed by atoms with Crippen molar-refractivity contribution < 1.29 is 33.4 Å². The van der Waals surface area contributed by atoms with Crippen LogP contribution in [0.5, 0.6) is 11.5 Å². The first-order chi connectivity index (χ1) is 17.2. The number of hydrogen-bond acceptors (Lipinski definition) is 8. The van der Waals surface area contributed by atoms with Crippen LogP contribution < -0.4 is 14.8 Å². The molecule has 36 heavy (non-hydrogen) atoms. The molecule has 0 spiro atoms. The van der Waals surface area contributed by atoms with Gasteiger partial charge in [-0.2, -0.15) is 0 Å². The summed E-state index contributed by atoms with van der Waals surface area (Å²) in [5, 5.41) is 2.51. The monoisotopic (exact) mass is 596 g/mol. The Morgan fingerprint density at radius 3 is 2.58 bits per heavy atom. The zero-order valence-electron chi connectivity index (χ0n) is 19.3. The van der Waals surface area contributed by atoms with Gasteiger partial charge >= 0.3 is 5.97 Å². The number of ether oxygens (including phenoxy) is 3. The van der Waals surface area contributed by atoms with Crippen molar-refractivity contribution in [3.8, 4) is 11.5 Å². The molecule has 12 heteroatoms. The van der Waals surface area contributed by atoms with Gasteiger partial charge in [0, 0.05) is 0 Å². The minimum absolute atomic E-state index is 0.145. The number of imide groups is 1. The summed E-state index contributed by atoms with van der Waals surface area (Å²) in [4.78, 5) is 50.0. The molecule has 0 radical (unpaired) electrons. The predicted molar refractivity (Wildman–Crippen MR) is 140 cm³/mol. The van der Waals surface area contributed by atoms with E-state index in [1.165, 1.54) is 6.08 Å². The van der Waals surface area contributed by atoms with Gasteiger partial charge in [0.25, 0.3) is 17.1 Å². The van der Waals surface area contributed by atoms with Gasteiger partial charge in [-0.3, -0.25) is 24.1 Å². The van der Waals surface area contributed by atoms with Gasteiger partial charge in [-0.05, 0) is 77.4 Å². The summed E-state index contributed by atoms with van der Waals surface area (Å²) < 4.78 is 16.7. The fourth-order valence-corrected chi connectivity index (χ4v) is 4.68. The van der Waals surface area contributed by atoms with E-state index in [0.29, 0.717) is 38.9 Å². The van der Waals surface area contributed by atoms with E-state index >= 15 is 0 Å². The molecule has 2 aromatic rings. The first kappa shape index (κ1) is 27.6. The molecule has 0 aliphatic carbocycles. The minimum Gasteiger partial charge on any atom is -0.490 e. The Balaban J connectivity index is 1.76. The van der Waals surface area contributed by atoms with Gasteiger partial charge in [0.05, 0.1) is 33.3 Å². The van der Waals surface area contributed by atoms with E-state index in [-0.39, 0.29) is 18.1 Å². The van der Waals surface area contributed by atoms with Gasteiger partial charge in [-0.1, -0.05) is 23.7 Å². The van der Waals surface area contributed by atoms with Crippen molar-refractivity contribution >= 4 is 74.1 Å². The number of anilines is 1. The Kier molecular flexibility index (Phi) is 9.80. The first-order valence-corrected chi connectivity index (χ1v) is 12.8. The van der Waals surface area contributed by atoms with E-state index in [1.54, 1.807) is 50.2 Å². The van der Waals surface area contributed by atoms with E-state index < -0.39 is 29.6 Å². The maximum absolute atomic E-state index is 12.7. The van der Waals surface area contributed by atoms with Crippen molar-refractivity contribution in [3.05, 3.63) is 56.4 Å². The number of benzene rings is 2. The van der Waals surface area contributed by atoms with Gasteiger partial charge in [0.2, 0.25) is 0 Å². The van der Waals surface area contributed by atoms with Crippen LogP contribution in [0.4, 0.5) is 10.5 Å². The first-order valence-electron chi connectivity index (χ1n) is 10.8. The number of thioether (sulfide) groups is 1. The van der Waals surface area contributed by atoms with Gasteiger partial charge in [0.1, 0.15) is 6.54 Å². The lowest BCUT2D eigenvalue weighted by atomic mass is 10.2. The zero-order chi connectivity index (χ0) is 26.2. The SMILES string of the molecule is CCOC(=O)CN1C(=O)S/C(=C\c2cc(Br)c(OCC(=O)Nc3ccccc3Cl)c(OCC)c2)C1=O. The quantitative estimate of drug-likeness (QED) is 0.297. The number of para-hydroxylation sites is 1. The van der Waals surface area contributed by atoms with Crippen LogP contribution in [0, 0.1) is 0 Å².